The number of amides is 2. The molecule has 1 fully saturated rings. The molecule has 0 spiro atoms. The molecule has 0 saturated carbocycles. The van der Waals surface area contributed by atoms with Gasteiger partial charge in [-0.25, -0.2) is 13.4 Å². The van der Waals surface area contributed by atoms with Crippen molar-refractivity contribution in [1.82, 2.24) is 4.98 Å². The second kappa shape index (κ2) is 9.16. The first-order valence-electron chi connectivity index (χ1n) is 10.9. The molecule has 1 N–H and O–H groups in total. The van der Waals surface area contributed by atoms with Gasteiger partial charge in [0.15, 0.2) is 11.7 Å². The van der Waals surface area contributed by atoms with Crippen molar-refractivity contribution in [1.29, 1.82) is 0 Å². The largest absolute Gasteiger partial charge is 0.482 e. The molecule has 3 aromatic rings. The van der Waals surface area contributed by atoms with E-state index in [9.17, 15) is 18.0 Å². The van der Waals surface area contributed by atoms with Crippen molar-refractivity contribution >= 4 is 49.7 Å². The van der Waals surface area contributed by atoms with Crippen LogP contribution in [-0.4, -0.2) is 44.9 Å². The smallest absolute Gasteiger partial charge is 0.265 e. The number of nitrogens with zero attached hydrogens (tertiary/aromatic N) is 3. The summed E-state index contributed by atoms with van der Waals surface area (Å²) in [5, 5.41) is 1.96. The highest BCUT2D eigenvalue weighted by Crippen LogP contribution is 2.37. The molecule has 2 aliphatic heterocycles. The molecule has 0 atom stereocenters. The standard InChI is InChI=1S/C24H22N4O5S2/c1-2-11-28-20-13-16(5-10-21(20)33-14-23(28)30)19-15-34-24(25-19)26-35(31,32)18-8-6-17(7-9-18)27-12-3-4-22(27)29/h2,5-10,13,15H,1,3-4,11-12,14H2,(H,25,26). The van der Waals surface area contributed by atoms with Crippen LogP contribution in [0.2, 0.25) is 0 Å². The number of hydrogen-bond donors (Lipinski definition) is 1. The van der Waals surface area contributed by atoms with E-state index in [0.29, 0.717) is 42.3 Å². The van der Waals surface area contributed by atoms with E-state index in [2.05, 4.69) is 16.3 Å². The van der Waals surface area contributed by atoms with E-state index in [0.717, 1.165) is 23.3 Å². The van der Waals surface area contributed by atoms with Gasteiger partial charge in [-0.2, -0.15) is 0 Å². The maximum absolute atomic E-state index is 12.9. The van der Waals surface area contributed by atoms with Gasteiger partial charge in [0.25, 0.3) is 15.9 Å². The van der Waals surface area contributed by atoms with E-state index in [1.807, 2.05) is 6.07 Å². The maximum Gasteiger partial charge on any atom is 0.265 e. The summed E-state index contributed by atoms with van der Waals surface area (Å²) in [5.41, 5.74) is 2.58. The van der Waals surface area contributed by atoms with Crippen molar-refractivity contribution in [2.24, 2.45) is 0 Å². The highest BCUT2D eigenvalue weighted by atomic mass is 32.2. The van der Waals surface area contributed by atoms with Gasteiger partial charge in [0.05, 0.1) is 16.3 Å². The number of sulfonamides is 1. The Morgan fingerprint density at radius 1 is 1.14 bits per heavy atom. The maximum atomic E-state index is 12.9. The molecule has 2 amide bonds. The number of aromatic nitrogens is 1. The molecule has 180 valence electrons. The van der Waals surface area contributed by atoms with Gasteiger partial charge in [0.2, 0.25) is 5.91 Å². The van der Waals surface area contributed by atoms with Gasteiger partial charge in [-0.05, 0) is 48.9 Å². The van der Waals surface area contributed by atoms with Gasteiger partial charge >= 0.3 is 0 Å². The topological polar surface area (TPSA) is 109 Å². The zero-order valence-corrected chi connectivity index (χ0v) is 20.3. The predicted molar refractivity (Wildman–Crippen MR) is 134 cm³/mol. The van der Waals surface area contributed by atoms with Crippen LogP contribution in [-0.2, 0) is 19.6 Å². The molecule has 0 bridgehead atoms. The Hall–Kier alpha value is -3.70. The minimum absolute atomic E-state index is 0.0296. The molecule has 1 aromatic heterocycles. The molecule has 1 saturated heterocycles. The monoisotopic (exact) mass is 510 g/mol. The lowest BCUT2D eigenvalue weighted by molar-refractivity contribution is -0.121. The Morgan fingerprint density at radius 3 is 2.66 bits per heavy atom. The van der Waals surface area contributed by atoms with Crippen LogP contribution in [0, 0.1) is 0 Å². The van der Waals surface area contributed by atoms with Crippen LogP contribution in [0.5, 0.6) is 5.75 Å². The van der Waals surface area contributed by atoms with Gasteiger partial charge in [-0.15, -0.1) is 17.9 Å². The Morgan fingerprint density at radius 2 is 1.94 bits per heavy atom. The first-order chi connectivity index (χ1) is 16.9. The number of benzene rings is 2. The lowest BCUT2D eigenvalue weighted by atomic mass is 10.1. The number of carbonyl (C=O) groups is 2. The average molecular weight is 511 g/mol. The van der Waals surface area contributed by atoms with Crippen LogP contribution in [0.4, 0.5) is 16.5 Å². The molecule has 9 nitrogen and oxygen atoms in total. The number of anilines is 3. The molecule has 3 heterocycles. The molecule has 35 heavy (non-hydrogen) atoms. The fourth-order valence-corrected chi connectivity index (χ4v) is 6.02. The average Bonchev–Trinajstić information content (AvgIpc) is 3.49. The Labute approximate surface area is 206 Å². The number of hydrogen-bond acceptors (Lipinski definition) is 7. The second-order valence-electron chi connectivity index (χ2n) is 8.05. The van der Waals surface area contributed by atoms with E-state index in [1.165, 1.54) is 12.1 Å². The molecular formula is C24H22N4O5S2. The number of nitrogens with one attached hydrogen (secondary N) is 1. The number of carbonyl (C=O) groups excluding carboxylic acids is 2. The Kier molecular flexibility index (Phi) is 6.03. The summed E-state index contributed by atoms with van der Waals surface area (Å²) in [5.74, 6) is 0.464. The van der Waals surface area contributed by atoms with E-state index in [4.69, 9.17) is 4.74 Å². The summed E-state index contributed by atoms with van der Waals surface area (Å²) < 4.78 is 33.8. The van der Waals surface area contributed by atoms with Crippen molar-refractivity contribution in [3.63, 3.8) is 0 Å². The normalized spacial score (nSPS) is 15.7. The number of rotatable bonds is 7. The van der Waals surface area contributed by atoms with Crippen molar-refractivity contribution in [3.8, 4) is 17.0 Å². The summed E-state index contributed by atoms with van der Waals surface area (Å²) in [4.78, 5) is 31.9. The lowest BCUT2D eigenvalue weighted by Crippen LogP contribution is -2.38. The van der Waals surface area contributed by atoms with Crippen LogP contribution in [0.25, 0.3) is 11.3 Å². The summed E-state index contributed by atoms with van der Waals surface area (Å²) >= 11 is 1.16. The van der Waals surface area contributed by atoms with Crippen LogP contribution in [0.1, 0.15) is 12.8 Å². The molecule has 11 heteroatoms. The quantitative estimate of drug-likeness (QED) is 0.486. The Bertz CT molecular complexity index is 1420. The minimum Gasteiger partial charge on any atom is -0.482 e. The van der Waals surface area contributed by atoms with E-state index < -0.39 is 10.0 Å². The highest BCUT2D eigenvalue weighted by Gasteiger charge is 2.26. The highest BCUT2D eigenvalue weighted by molar-refractivity contribution is 7.93. The van der Waals surface area contributed by atoms with Crippen LogP contribution in [0.3, 0.4) is 0 Å². The fraction of sp³-hybridized carbons (Fsp3) is 0.208. The summed E-state index contributed by atoms with van der Waals surface area (Å²) in [6, 6.07) is 11.6. The van der Waals surface area contributed by atoms with Crippen LogP contribution < -0.4 is 19.3 Å². The zero-order valence-electron chi connectivity index (χ0n) is 18.6. The number of fused-ring (bicyclic) bond motifs is 1. The molecular weight excluding hydrogens is 488 g/mol. The fourth-order valence-electron chi connectivity index (χ4n) is 4.04. The second-order valence-corrected chi connectivity index (χ2v) is 10.6. The third kappa shape index (κ3) is 4.52. The third-order valence-electron chi connectivity index (χ3n) is 5.77. The predicted octanol–water partition coefficient (Wildman–Crippen LogP) is 3.65. The molecule has 2 aromatic carbocycles. The first kappa shape index (κ1) is 23.1. The van der Waals surface area contributed by atoms with Gasteiger partial charge in [-0.3, -0.25) is 14.3 Å². The molecule has 5 rings (SSSR count). The van der Waals surface area contributed by atoms with Crippen molar-refractivity contribution in [3.05, 3.63) is 60.5 Å². The van der Waals surface area contributed by atoms with Crippen molar-refractivity contribution in [2.45, 2.75) is 17.7 Å². The third-order valence-corrected chi connectivity index (χ3v) is 8.01. The van der Waals surface area contributed by atoms with Crippen molar-refractivity contribution < 1.29 is 22.7 Å². The van der Waals surface area contributed by atoms with Gasteiger partial charge < -0.3 is 14.5 Å². The SMILES string of the molecule is C=CCN1C(=O)COc2ccc(-c3csc(NS(=O)(=O)c4ccc(N5CCCC5=O)cc4)n3)cc21. The molecule has 0 unspecified atom stereocenters. The van der Waals surface area contributed by atoms with Gasteiger partial charge in [-0.1, -0.05) is 6.08 Å². The van der Waals surface area contributed by atoms with Crippen molar-refractivity contribution in [2.75, 3.05) is 34.2 Å². The summed E-state index contributed by atoms with van der Waals surface area (Å²) in [7, 11) is -3.86. The van der Waals surface area contributed by atoms with Gasteiger partial charge in [0.1, 0.15) is 5.75 Å². The molecule has 0 aliphatic carbocycles. The Balaban J connectivity index is 1.35. The van der Waals surface area contributed by atoms with E-state index in [-0.39, 0.29) is 28.4 Å². The first-order valence-corrected chi connectivity index (χ1v) is 13.3. The number of ether oxygens (including phenoxy) is 1. The van der Waals surface area contributed by atoms with Crippen LogP contribution in [0.15, 0.2) is 65.4 Å². The van der Waals surface area contributed by atoms with E-state index in [1.54, 1.807) is 45.5 Å². The molecule has 0 radical (unpaired) electrons. The summed E-state index contributed by atoms with van der Waals surface area (Å²) in [6.07, 6.45) is 2.95. The zero-order chi connectivity index (χ0) is 24.6. The number of thiazole rings is 1. The van der Waals surface area contributed by atoms with Crippen LogP contribution >= 0.6 is 11.3 Å². The molecule has 2 aliphatic rings. The summed E-state index contributed by atoms with van der Waals surface area (Å²) in [6.45, 7) is 4.67. The lowest BCUT2D eigenvalue weighted by Gasteiger charge is -2.28. The minimum atomic E-state index is -3.86. The van der Waals surface area contributed by atoms with E-state index >= 15 is 0 Å². The van der Waals surface area contributed by atoms with Gasteiger partial charge in [0, 0.05) is 36.1 Å².